The second kappa shape index (κ2) is 22.1. The van der Waals surface area contributed by atoms with Gasteiger partial charge in [0.15, 0.2) is 0 Å². The molecule has 0 bridgehead atoms. The zero-order chi connectivity index (χ0) is 74.3. The van der Waals surface area contributed by atoms with Gasteiger partial charge in [0.05, 0.1) is 16.7 Å². The van der Waals surface area contributed by atoms with Gasteiger partial charge in [-0.25, -0.2) is 4.98 Å². The quantitative estimate of drug-likeness (QED) is 0.118. The first kappa shape index (κ1) is 47.9. The van der Waals surface area contributed by atoms with Gasteiger partial charge in [0.1, 0.15) is 17.0 Å². The zero-order valence-electron chi connectivity index (χ0n) is 65.5. The minimum atomic E-state index is -2.79. The van der Waals surface area contributed by atoms with Crippen LogP contribution in [-0.2, 0) is 37.3 Å². The Morgan fingerprint density at radius 2 is 1.11 bits per heavy atom. The average Bonchev–Trinajstić information content (AvgIpc) is 1.67. The Morgan fingerprint density at radius 3 is 1.81 bits per heavy atom. The van der Waals surface area contributed by atoms with E-state index in [1.165, 1.54) is 36.4 Å². The van der Waals surface area contributed by atoms with E-state index in [-0.39, 0.29) is 70.7 Å². The van der Waals surface area contributed by atoms with Crippen molar-refractivity contribution in [1.82, 2.24) is 14.1 Å². The summed E-state index contributed by atoms with van der Waals surface area (Å²) in [6.45, 7) is 4.46. The zero-order valence-corrected chi connectivity index (χ0v) is 55.8. The van der Waals surface area contributed by atoms with Gasteiger partial charge >= 0.3 is 0 Å². The van der Waals surface area contributed by atoms with Crippen molar-refractivity contribution in [1.29, 1.82) is 0 Å². The molecule has 7 heteroatoms. The Morgan fingerprint density at radius 1 is 0.505 bits per heavy atom. The van der Waals surface area contributed by atoms with E-state index in [1.807, 2.05) is 143 Å². The van der Waals surface area contributed by atoms with Gasteiger partial charge in [-0.1, -0.05) is 169 Å². The third-order valence-electron chi connectivity index (χ3n) is 19.9. The molecular weight excluding hydrogens is 1340 g/mol. The van der Waals surface area contributed by atoms with Gasteiger partial charge in [-0.15, -0.1) is 29.7 Å². The van der Waals surface area contributed by atoms with Crippen molar-refractivity contribution in [2.75, 3.05) is 0 Å². The molecule has 11 aromatic carbocycles. The summed E-state index contributed by atoms with van der Waals surface area (Å²) in [6.07, 6.45) is 7.49. The summed E-state index contributed by atoms with van der Waals surface area (Å²) in [5.41, 5.74) is 13.2. The van der Waals surface area contributed by atoms with Crippen LogP contribution in [0.25, 0.3) is 139 Å². The maximum Gasteiger partial charge on any atom is 0.268 e. The third-order valence-corrected chi connectivity index (χ3v) is 19.9. The fourth-order valence-corrected chi connectivity index (χ4v) is 14.9. The fraction of sp³-hybridized carbons (Fsp3) is 0.182. The molecule has 0 saturated heterocycles. The molecule has 0 saturated carbocycles. The van der Waals surface area contributed by atoms with Crippen LogP contribution >= 0.6 is 0 Å². The molecule has 0 fully saturated rings. The number of hydrogen-bond acceptors (Lipinski definition) is 3. The SMILES string of the molecule is [2H]C([2H])([2H])c1cccc(C([2H])([2H])[2H])c1-c1cc(-c2ccc3oc4ccccc4c3c2)c2c(c1)-c1cc3c(cc1-c1ccccc1-c1cc(-c4c(C([2H])([2H])[2H])cccc4C([2H])([2H])[2H])cc4c1[n+]-2[c-]n4-c1[c-]c(Oc2[c-]c4c(cc2)c2ccccc2n4-c2cc(C(C)(C)C)ccn2)ccc1)C(C)(C)CCC3(C)C.[Pt]. The summed E-state index contributed by atoms with van der Waals surface area (Å²) < 4.78 is 129. The van der Waals surface area contributed by atoms with Gasteiger partial charge in [-0.2, -0.15) is 18.2 Å². The van der Waals surface area contributed by atoms with Crippen LogP contribution in [0.1, 0.15) is 117 Å². The molecule has 6 nitrogen and oxygen atoms in total. The van der Waals surface area contributed by atoms with Crippen LogP contribution in [0.3, 0.4) is 0 Å². The molecule has 2 aliphatic rings. The van der Waals surface area contributed by atoms with Gasteiger partial charge in [0.25, 0.3) is 6.33 Å². The number of para-hydroxylation sites is 2. The molecular formula is C88H72N4O2Pt-2. The second-order valence-electron chi connectivity index (χ2n) is 27.7. The number of imidazole rings is 1. The van der Waals surface area contributed by atoms with E-state index >= 15 is 0 Å². The molecule has 0 N–H and O–H groups in total. The van der Waals surface area contributed by atoms with Crippen molar-refractivity contribution in [3.05, 3.63) is 270 Å². The van der Waals surface area contributed by atoms with E-state index in [9.17, 15) is 0 Å². The molecule has 468 valence electrons. The molecule has 0 spiro atoms. The number of hydrogen-bond donors (Lipinski definition) is 0. The van der Waals surface area contributed by atoms with Crippen molar-refractivity contribution in [2.45, 2.75) is 105 Å². The van der Waals surface area contributed by atoms with Crippen molar-refractivity contribution in [2.24, 2.45) is 0 Å². The Bertz CT molecular complexity index is 6130. The first-order chi connectivity index (χ1) is 50.2. The summed E-state index contributed by atoms with van der Waals surface area (Å²) in [7, 11) is 0. The molecule has 17 rings (SSSR count). The Hall–Kier alpha value is -9.87. The maximum atomic E-state index is 9.16. The molecule has 0 amide bonds. The molecule has 4 aromatic heterocycles. The molecule has 0 atom stereocenters. The molecule has 15 aromatic rings. The van der Waals surface area contributed by atoms with E-state index in [0.717, 1.165) is 84.6 Å². The largest absolute Gasteiger partial charge is 0.510 e. The van der Waals surface area contributed by atoms with Crippen LogP contribution in [0.5, 0.6) is 11.5 Å². The van der Waals surface area contributed by atoms with Crippen LogP contribution in [0.2, 0.25) is 0 Å². The standard InChI is InChI=1S/C88H72N4O2.Pt/c1-52-21-18-22-53(2)82(52)57-42-68(56-33-36-80-71(41-56)67-30-15-17-32-79(67)94-80)84-73(43-57)70-50-75-74(87(8,9)38-39-88(75,10)11)49-69(70)63-27-12-13-28-64(63)72-44-58(83-54(3)23-19-24-55(83)4)45-78-85(72)91(84)51-90(78)60-25-20-26-61(47-60)93-62-34-35-66-65-29-14-16-31-76(65)92(77(66)48-62)81-46-59(37-40-89-81)86(5,6)7;/h12-37,40-46,49-50H,38-39H2,1-11H3;/q-2;/i1D3,2D3,3D3,4D3;. The van der Waals surface area contributed by atoms with Gasteiger partial charge in [-0.05, 0) is 234 Å². The van der Waals surface area contributed by atoms with Crippen molar-refractivity contribution in [3.8, 4) is 95.5 Å². The van der Waals surface area contributed by atoms with Gasteiger partial charge in [-0.3, -0.25) is 4.57 Å². The Balaban J connectivity index is 0.00000876. The third kappa shape index (κ3) is 9.68. The summed E-state index contributed by atoms with van der Waals surface area (Å²) in [5.74, 6) is 1.42. The molecule has 5 heterocycles. The summed E-state index contributed by atoms with van der Waals surface area (Å²) >= 11 is 0. The number of pyridine rings is 1. The monoisotopic (exact) mass is 1420 g/mol. The number of nitrogens with zero attached hydrogens (tertiary/aromatic N) is 4. The summed E-state index contributed by atoms with van der Waals surface area (Å²) in [4.78, 5) is 4.91. The number of rotatable bonds is 7. The first-order valence-electron chi connectivity index (χ1n) is 38.0. The average molecular weight is 1420 g/mol. The van der Waals surface area contributed by atoms with Gasteiger partial charge in [0.2, 0.25) is 0 Å². The van der Waals surface area contributed by atoms with Crippen molar-refractivity contribution in [3.63, 3.8) is 0 Å². The van der Waals surface area contributed by atoms with E-state index in [1.54, 1.807) is 0 Å². The van der Waals surface area contributed by atoms with E-state index in [0.29, 0.717) is 84.0 Å². The Kier molecular flexibility index (Phi) is 11.2. The molecule has 95 heavy (non-hydrogen) atoms. The maximum absolute atomic E-state index is 9.16. The predicted octanol–water partition coefficient (Wildman–Crippen LogP) is 22.7. The number of fused-ring (bicyclic) bond motifs is 14. The fourth-order valence-electron chi connectivity index (χ4n) is 14.9. The van der Waals surface area contributed by atoms with Crippen LogP contribution in [0.4, 0.5) is 0 Å². The van der Waals surface area contributed by atoms with Crippen molar-refractivity contribution >= 4 is 54.8 Å². The molecule has 0 radical (unpaired) electrons. The summed E-state index contributed by atoms with van der Waals surface area (Å²) in [5, 5.41) is 3.61. The minimum absolute atomic E-state index is 0. The number of aryl methyl sites for hydroxylation is 4. The number of furan rings is 1. The number of ether oxygens (including phenoxy) is 1. The molecule has 1 aliphatic heterocycles. The molecule has 1 aliphatic carbocycles. The van der Waals surface area contributed by atoms with Crippen LogP contribution in [0.15, 0.2) is 217 Å². The minimum Gasteiger partial charge on any atom is -0.510 e. The second-order valence-corrected chi connectivity index (χ2v) is 27.7. The smallest absolute Gasteiger partial charge is 0.268 e. The van der Waals surface area contributed by atoms with Crippen LogP contribution in [-0.4, -0.2) is 14.1 Å². The first-order valence-corrected chi connectivity index (χ1v) is 32.0. The van der Waals surface area contributed by atoms with Crippen molar-refractivity contribution < 1.29 is 51.2 Å². The van der Waals surface area contributed by atoms with E-state index < -0.39 is 27.4 Å². The molecule has 0 unspecified atom stereocenters. The topological polar surface area (TPSA) is 49.0 Å². The number of aromatic nitrogens is 4. The van der Waals surface area contributed by atoms with Crippen LogP contribution < -0.4 is 9.30 Å². The van der Waals surface area contributed by atoms with Gasteiger partial charge < -0.3 is 18.3 Å². The van der Waals surface area contributed by atoms with Gasteiger partial charge in [0, 0.05) is 71.5 Å². The summed E-state index contributed by atoms with van der Waals surface area (Å²) in [6, 6.07) is 71.9. The van der Waals surface area contributed by atoms with E-state index in [2.05, 4.69) is 114 Å². The van der Waals surface area contributed by atoms with Crippen LogP contribution in [0, 0.1) is 45.9 Å². The van der Waals surface area contributed by atoms with E-state index in [4.69, 9.17) is 30.6 Å². The normalized spacial score (nSPS) is 16.2. The predicted molar refractivity (Wildman–Crippen MR) is 386 cm³/mol. The number of benzene rings is 11. The Labute approximate surface area is 587 Å².